The van der Waals surface area contributed by atoms with Crippen LogP contribution in [0.5, 0.6) is 0 Å². The minimum absolute atomic E-state index is 0.225. The molecule has 0 saturated carbocycles. The number of amides is 1. The van der Waals surface area contributed by atoms with Crippen molar-refractivity contribution in [3.8, 4) is 0 Å². The lowest BCUT2D eigenvalue weighted by Gasteiger charge is -2.31. The van der Waals surface area contributed by atoms with Crippen molar-refractivity contribution >= 4 is 38.5 Å². The number of aryl methyl sites for hydroxylation is 1. The van der Waals surface area contributed by atoms with Gasteiger partial charge in [-0.1, -0.05) is 24.3 Å². The van der Waals surface area contributed by atoms with Gasteiger partial charge >= 0.3 is 0 Å². The molecule has 1 amide bonds. The van der Waals surface area contributed by atoms with E-state index in [1.165, 1.54) is 9.71 Å². The molecule has 0 atom stereocenters. The van der Waals surface area contributed by atoms with Crippen LogP contribution in [-0.4, -0.2) is 38.8 Å². The number of aromatic nitrogens is 3. The molecule has 6 heteroatoms. The van der Waals surface area contributed by atoms with Crippen LogP contribution in [0.3, 0.4) is 0 Å². The Bertz CT molecular complexity index is 1060. The molecule has 0 aliphatic carbocycles. The van der Waals surface area contributed by atoms with Crippen LogP contribution < -0.4 is 0 Å². The summed E-state index contributed by atoms with van der Waals surface area (Å²) in [6.45, 7) is 1.64. The number of hydrogen-bond donors (Lipinski definition) is 1. The standard InChI is InChI=1S/C22H22N4OS/c27-21(10-9-20-23-16-5-1-2-6-17(16)24-20)26-13-11-15(12-14-26)22-25-18-7-3-4-8-19(18)28-22/h1-8,15H,9-14H2,(H,23,24). The van der Waals surface area contributed by atoms with Crippen LogP contribution in [0.2, 0.25) is 0 Å². The number of rotatable bonds is 4. The maximum atomic E-state index is 12.6. The summed E-state index contributed by atoms with van der Waals surface area (Å²) >= 11 is 1.80. The predicted molar refractivity (Wildman–Crippen MR) is 113 cm³/mol. The van der Waals surface area contributed by atoms with E-state index in [1.807, 2.05) is 35.2 Å². The van der Waals surface area contributed by atoms with Gasteiger partial charge in [-0.3, -0.25) is 4.79 Å². The van der Waals surface area contributed by atoms with Crippen LogP contribution in [0.25, 0.3) is 21.3 Å². The topological polar surface area (TPSA) is 61.9 Å². The Morgan fingerprint density at radius 2 is 1.79 bits per heavy atom. The molecular formula is C22H22N4OS. The van der Waals surface area contributed by atoms with Gasteiger partial charge in [-0.15, -0.1) is 11.3 Å². The summed E-state index contributed by atoms with van der Waals surface area (Å²) in [4.78, 5) is 27.3. The van der Waals surface area contributed by atoms with E-state index < -0.39 is 0 Å². The van der Waals surface area contributed by atoms with E-state index in [9.17, 15) is 4.79 Å². The first-order valence-electron chi connectivity index (χ1n) is 9.83. The number of nitrogens with zero attached hydrogens (tertiary/aromatic N) is 3. The van der Waals surface area contributed by atoms with Gasteiger partial charge in [-0.2, -0.15) is 0 Å². The number of H-pyrrole nitrogens is 1. The number of carbonyl (C=O) groups excluding carboxylic acids is 1. The molecule has 5 rings (SSSR count). The third-order valence-corrected chi connectivity index (χ3v) is 6.72. The second-order valence-corrected chi connectivity index (χ2v) is 8.44. The fraction of sp³-hybridized carbons (Fsp3) is 0.318. The fourth-order valence-electron chi connectivity index (χ4n) is 3.95. The second kappa shape index (κ2) is 7.36. The van der Waals surface area contributed by atoms with Gasteiger partial charge in [0.15, 0.2) is 0 Å². The Morgan fingerprint density at radius 1 is 1.04 bits per heavy atom. The van der Waals surface area contributed by atoms with E-state index in [2.05, 4.69) is 28.2 Å². The van der Waals surface area contributed by atoms with E-state index in [-0.39, 0.29) is 5.91 Å². The number of imidazole rings is 1. The lowest BCUT2D eigenvalue weighted by Crippen LogP contribution is -2.38. The molecule has 0 bridgehead atoms. The number of likely N-dealkylation sites (tertiary alicyclic amines) is 1. The molecule has 2 aromatic carbocycles. The van der Waals surface area contributed by atoms with Crippen LogP contribution in [0, 0.1) is 0 Å². The first kappa shape index (κ1) is 17.4. The normalized spacial score (nSPS) is 15.5. The molecule has 4 aromatic rings. The third-order valence-electron chi connectivity index (χ3n) is 5.52. The van der Waals surface area contributed by atoms with Crippen LogP contribution >= 0.6 is 11.3 Å². The van der Waals surface area contributed by atoms with Crippen molar-refractivity contribution in [2.75, 3.05) is 13.1 Å². The number of piperidine rings is 1. The van der Waals surface area contributed by atoms with E-state index in [0.29, 0.717) is 18.8 Å². The smallest absolute Gasteiger partial charge is 0.223 e. The molecule has 5 nitrogen and oxygen atoms in total. The highest BCUT2D eigenvalue weighted by atomic mass is 32.1. The number of benzene rings is 2. The lowest BCUT2D eigenvalue weighted by molar-refractivity contribution is -0.132. The van der Waals surface area contributed by atoms with Gasteiger partial charge in [0, 0.05) is 31.8 Å². The second-order valence-electron chi connectivity index (χ2n) is 7.38. The number of nitrogens with one attached hydrogen (secondary N) is 1. The lowest BCUT2D eigenvalue weighted by atomic mass is 9.97. The quantitative estimate of drug-likeness (QED) is 0.558. The number of para-hydroxylation sites is 3. The largest absolute Gasteiger partial charge is 0.343 e. The van der Waals surface area contributed by atoms with Crippen molar-refractivity contribution in [3.63, 3.8) is 0 Å². The van der Waals surface area contributed by atoms with Gasteiger partial charge in [-0.25, -0.2) is 9.97 Å². The molecule has 3 heterocycles. The zero-order chi connectivity index (χ0) is 18.9. The zero-order valence-electron chi connectivity index (χ0n) is 15.6. The maximum absolute atomic E-state index is 12.6. The number of hydrogen-bond acceptors (Lipinski definition) is 4. The molecule has 142 valence electrons. The minimum atomic E-state index is 0.225. The highest BCUT2D eigenvalue weighted by molar-refractivity contribution is 7.18. The van der Waals surface area contributed by atoms with E-state index >= 15 is 0 Å². The Hall–Kier alpha value is -2.73. The summed E-state index contributed by atoms with van der Waals surface area (Å²) in [6.07, 6.45) is 3.16. The molecule has 1 saturated heterocycles. The predicted octanol–water partition coefficient (Wildman–Crippen LogP) is 4.51. The fourth-order valence-corrected chi connectivity index (χ4v) is 5.08. The molecule has 0 spiro atoms. The Morgan fingerprint density at radius 3 is 2.57 bits per heavy atom. The van der Waals surface area contributed by atoms with E-state index in [0.717, 1.165) is 48.3 Å². The average molecular weight is 391 g/mol. The van der Waals surface area contributed by atoms with Gasteiger partial charge in [0.25, 0.3) is 0 Å². The minimum Gasteiger partial charge on any atom is -0.343 e. The van der Waals surface area contributed by atoms with Gasteiger partial charge in [-0.05, 0) is 37.1 Å². The number of fused-ring (bicyclic) bond motifs is 2. The van der Waals surface area contributed by atoms with E-state index in [1.54, 1.807) is 11.3 Å². The molecule has 2 aromatic heterocycles. The molecule has 0 unspecified atom stereocenters. The molecule has 1 aliphatic heterocycles. The Labute approximate surface area is 167 Å². The SMILES string of the molecule is O=C(CCc1nc2ccccc2[nH]1)N1CCC(c2nc3ccccc3s2)CC1. The molecule has 1 N–H and O–H groups in total. The highest BCUT2D eigenvalue weighted by Gasteiger charge is 2.25. The molecule has 28 heavy (non-hydrogen) atoms. The summed E-state index contributed by atoms with van der Waals surface area (Å²) in [5.41, 5.74) is 3.08. The van der Waals surface area contributed by atoms with Gasteiger partial charge in [0.1, 0.15) is 5.82 Å². The van der Waals surface area contributed by atoms with Crippen molar-refractivity contribution in [1.29, 1.82) is 0 Å². The number of thiazole rings is 1. The van der Waals surface area contributed by atoms with Crippen molar-refractivity contribution in [1.82, 2.24) is 19.9 Å². The highest BCUT2D eigenvalue weighted by Crippen LogP contribution is 2.33. The monoisotopic (exact) mass is 390 g/mol. The number of carbonyl (C=O) groups is 1. The van der Waals surface area contributed by atoms with Crippen molar-refractivity contribution in [3.05, 3.63) is 59.4 Å². The molecule has 1 aliphatic rings. The third kappa shape index (κ3) is 3.40. The summed E-state index contributed by atoms with van der Waals surface area (Å²) in [6, 6.07) is 16.3. The summed E-state index contributed by atoms with van der Waals surface area (Å²) in [7, 11) is 0. The van der Waals surface area contributed by atoms with Crippen LogP contribution in [0.4, 0.5) is 0 Å². The maximum Gasteiger partial charge on any atom is 0.223 e. The van der Waals surface area contributed by atoms with E-state index in [4.69, 9.17) is 4.98 Å². The summed E-state index contributed by atoms with van der Waals surface area (Å²) < 4.78 is 1.25. The van der Waals surface area contributed by atoms with Gasteiger partial charge in [0.05, 0.1) is 26.3 Å². The van der Waals surface area contributed by atoms with Crippen molar-refractivity contribution in [2.45, 2.75) is 31.6 Å². The summed E-state index contributed by atoms with van der Waals surface area (Å²) in [5.74, 6) is 1.58. The number of aromatic amines is 1. The van der Waals surface area contributed by atoms with Gasteiger partial charge < -0.3 is 9.88 Å². The van der Waals surface area contributed by atoms with Crippen LogP contribution in [0.1, 0.15) is 36.0 Å². The molecule has 1 fully saturated rings. The van der Waals surface area contributed by atoms with Crippen LogP contribution in [-0.2, 0) is 11.2 Å². The van der Waals surface area contributed by atoms with Crippen molar-refractivity contribution < 1.29 is 4.79 Å². The van der Waals surface area contributed by atoms with Crippen LogP contribution in [0.15, 0.2) is 48.5 Å². The Balaban J connectivity index is 1.17. The van der Waals surface area contributed by atoms with Gasteiger partial charge in [0.2, 0.25) is 5.91 Å². The first-order valence-corrected chi connectivity index (χ1v) is 10.6. The first-order chi connectivity index (χ1) is 13.8. The average Bonchev–Trinajstić information content (AvgIpc) is 3.35. The summed E-state index contributed by atoms with van der Waals surface area (Å²) in [5, 5.41) is 1.22. The molecular weight excluding hydrogens is 368 g/mol. The zero-order valence-corrected chi connectivity index (χ0v) is 16.4. The molecule has 0 radical (unpaired) electrons. The Kier molecular flexibility index (Phi) is 4.56. The van der Waals surface area contributed by atoms with Crippen molar-refractivity contribution in [2.24, 2.45) is 0 Å².